The molecule has 0 fully saturated rings. The number of carboxylic acids is 1. The number of aliphatic hydroxyl groups is 1. The highest BCUT2D eigenvalue weighted by Crippen LogP contribution is 2.28. The quantitative estimate of drug-likeness (QED) is 0.775. The zero-order chi connectivity index (χ0) is 13.8. The smallest absolute Gasteiger partial charge is 0.339 e. The van der Waals surface area contributed by atoms with Crippen LogP contribution in [0, 0.1) is 0 Å². The second-order valence-electron chi connectivity index (χ2n) is 4.99. The van der Waals surface area contributed by atoms with E-state index in [1.54, 1.807) is 5.38 Å². The number of aromatic nitrogens is 1. The van der Waals surface area contributed by atoms with Gasteiger partial charge < -0.3 is 14.9 Å². The summed E-state index contributed by atoms with van der Waals surface area (Å²) in [5.41, 5.74) is 0.326. The highest BCUT2D eigenvalue weighted by Gasteiger charge is 2.26. The number of rotatable bonds is 6. The maximum atomic E-state index is 11.1. The molecular formula is C12H19NO4S. The van der Waals surface area contributed by atoms with E-state index in [0.29, 0.717) is 12.1 Å². The molecule has 1 unspecified atom stereocenters. The number of aliphatic carboxylic acids is 1. The largest absolute Gasteiger partial charge is 0.479 e. The molecule has 1 atom stereocenters. The molecule has 0 saturated carbocycles. The average Bonchev–Trinajstić information content (AvgIpc) is 2.72. The van der Waals surface area contributed by atoms with Crippen LogP contribution in [0.15, 0.2) is 5.38 Å². The lowest BCUT2D eigenvalue weighted by molar-refractivity contribution is -0.151. The summed E-state index contributed by atoms with van der Waals surface area (Å²) in [5, 5.41) is 20.4. The number of carboxylic acid groups (broad SMARTS) is 1. The number of ether oxygens (including phenoxy) is 1. The molecule has 1 rings (SSSR count). The van der Waals surface area contributed by atoms with Gasteiger partial charge in [0.2, 0.25) is 0 Å². The van der Waals surface area contributed by atoms with E-state index in [4.69, 9.17) is 14.9 Å². The highest BCUT2D eigenvalue weighted by atomic mass is 32.1. The second kappa shape index (κ2) is 6.26. The van der Waals surface area contributed by atoms with Gasteiger partial charge in [-0.15, -0.1) is 11.3 Å². The van der Waals surface area contributed by atoms with Gasteiger partial charge in [-0.05, 0) is 6.42 Å². The van der Waals surface area contributed by atoms with E-state index in [1.807, 2.05) is 20.8 Å². The number of thiazole rings is 1. The minimum atomic E-state index is -1.06. The number of nitrogens with zero attached hydrogens (tertiary/aromatic N) is 1. The molecule has 0 amide bonds. The maximum Gasteiger partial charge on any atom is 0.339 e. The summed E-state index contributed by atoms with van der Waals surface area (Å²) in [4.78, 5) is 15.5. The third-order valence-electron chi connectivity index (χ3n) is 2.24. The summed E-state index contributed by atoms with van der Waals surface area (Å²) in [6.07, 6.45) is -0.635. The van der Waals surface area contributed by atoms with Crippen molar-refractivity contribution in [3.8, 4) is 0 Å². The Morgan fingerprint density at radius 1 is 1.56 bits per heavy atom. The van der Waals surface area contributed by atoms with E-state index < -0.39 is 12.1 Å². The lowest BCUT2D eigenvalue weighted by Crippen LogP contribution is -2.18. The van der Waals surface area contributed by atoms with E-state index in [1.165, 1.54) is 11.3 Å². The van der Waals surface area contributed by atoms with Gasteiger partial charge in [0.15, 0.2) is 6.10 Å². The van der Waals surface area contributed by atoms with Crippen LogP contribution in [0.2, 0.25) is 0 Å². The highest BCUT2D eigenvalue weighted by molar-refractivity contribution is 7.09. The Bertz CT molecular complexity index is 397. The predicted octanol–water partition coefficient (Wildman–Crippen LogP) is 1.97. The number of aliphatic hydroxyl groups excluding tert-OH is 1. The SMILES string of the molecule is CC(C)(C)c1nc(C(OCCCO)C(=O)O)cs1. The Balaban J connectivity index is 2.80. The van der Waals surface area contributed by atoms with Crippen molar-refractivity contribution in [1.82, 2.24) is 4.98 Å². The van der Waals surface area contributed by atoms with Crippen LogP contribution >= 0.6 is 11.3 Å². The lowest BCUT2D eigenvalue weighted by Gasteiger charge is -2.14. The van der Waals surface area contributed by atoms with Crippen LogP contribution in [-0.2, 0) is 14.9 Å². The molecule has 0 spiro atoms. The van der Waals surface area contributed by atoms with Gasteiger partial charge in [0, 0.05) is 17.4 Å². The molecule has 1 heterocycles. The van der Waals surface area contributed by atoms with Gasteiger partial charge in [0.25, 0.3) is 0 Å². The van der Waals surface area contributed by atoms with Crippen molar-refractivity contribution in [2.75, 3.05) is 13.2 Å². The fraction of sp³-hybridized carbons (Fsp3) is 0.667. The molecule has 0 saturated heterocycles. The Kier molecular flexibility index (Phi) is 5.25. The molecule has 102 valence electrons. The van der Waals surface area contributed by atoms with Crippen molar-refractivity contribution in [3.05, 3.63) is 16.1 Å². The fourth-order valence-corrected chi connectivity index (χ4v) is 2.22. The minimum Gasteiger partial charge on any atom is -0.479 e. The van der Waals surface area contributed by atoms with Crippen molar-refractivity contribution >= 4 is 17.3 Å². The van der Waals surface area contributed by atoms with Crippen LogP contribution in [-0.4, -0.2) is 34.4 Å². The standard InChI is InChI=1S/C12H19NO4S/c1-12(2,3)11-13-8(7-18-11)9(10(15)16)17-6-4-5-14/h7,9,14H,4-6H2,1-3H3,(H,15,16). The van der Waals surface area contributed by atoms with E-state index in [9.17, 15) is 4.79 Å². The summed E-state index contributed by atoms with van der Waals surface area (Å²) < 4.78 is 5.24. The summed E-state index contributed by atoms with van der Waals surface area (Å²) in [5.74, 6) is -1.06. The molecule has 18 heavy (non-hydrogen) atoms. The first-order valence-electron chi connectivity index (χ1n) is 5.77. The molecular weight excluding hydrogens is 254 g/mol. The number of carbonyl (C=O) groups is 1. The van der Waals surface area contributed by atoms with Crippen molar-refractivity contribution in [3.63, 3.8) is 0 Å². The lowest BCUT2D eigenvalue weighted by atomic mass is 9.98. The van der Waals surface area contributed by atoms with Crippen molar-refractivity contribution in [2.45, 2.75) is 38.7 Å². The monoisotopic (exact) mass is 273 g/mol. The zero-order valence-electron chi connectivity index (χ0n) is 10.8. The van der Waals surface area contributed by atoms with Crippen LogP contribution in [0.4, 0.5) is 0 Å². The Morgan fingerprint density at radius 3 is 2.67 bits per heavy atom. The second-order valence-corrected chi connectivity index (χ2v) is 5.85. The van der Waals surface area contributed by atoms with Crippen molar-refractivity contribution in [2.24, 2.45) is 0 Å². The summed E-state index contributed by atoms with van der Waals surface area (Å²) in [6, 6.07) is 0. The van der Waals surface area contributed by atoms with Crippen LogP contribution < -0.4 is 0 Å². The van der Waals surface area contributed by atoms with Gasteiger partial charge in [-0.1, -0.05) is 20.8 Å². The van der Waals surface area contributed by atoms with Gasteiger partial charge in [-0.3, -0.25) is 0 Å². The topological polar surface area (TPSA) is 79.7 Å². The molecule has 6 heteroatoms. The molecule has 2 N–H and O–H groups in total. The molecule has 1 aromatic rings. The van der Waals surface area contributed by atoms with Crippen LogP contribution in [0.5, 0.6) is 0 Å². The molecule has 0 aromatic carbocycles. The molecule has 0 bridgehead atoms. The molecule has 0 aliphatic heterocycles. The molecule has 5 nitrogen and oxygen atoms in total. The normalized spacial score (nSPS) is 13.6. The summed E-state index contributed by atoms with van der Waals surface area (Å²) in [6.45, 7) is 6.26. The Morgan fingerprint density at radius 2 is 2.22 bits per heavy atom. The van der Waals surface area contributed by atoms with Gasteiger partial charge in [0.05, 0.1) is 17.3 Å². The first-order chi connectivity index (χ1) is 8.36. The Hall–Kier alpha value is -0.980. The molecule has 1 aromatic heterocycles. The number of hydrogen-bond donors (Lipinski definition) is 2. The van der Waals surface area contributed by atoms with E-state index in [-0.39, 0.29) is 18.6 Å². The van der Waals surface area contributed by atoms with E-state index in [2.05, 4.69) is 4.98 Å². The van der Waals surface area contributed by atoms with Gasteiger partial charge in [-0.2, -0.15) is 0 Å². The number of hydrogen-bond acceptors (Lipinski definition) is 5. The predicted molar refractivity (Wildman–Crippen MR) is 68.8 cm³/mol. The average molecular weight is 273 g/mol. The molecule has 0 radical (unpaired) electrons. The summed E-state index contributed by atoms with van der Waals surface area (Å²) >= 11 is 1.44. The van der Waals surface area contributed by atoms with Crippen LogP contribution in [0.25, 0.3) is 0 Å². The molecule has 0 aliphatic carbocycles. The van der Waals surface area contributed by atoms with Gasteiger partial charge >= 0.3 is 5.97 Å². The maximum absolute atomic E-state index is 11.1. The van der Waals surface area contributed by atoms with Crippen LogP contribution in [0.3, 0.4) is 0 Å². The van der Waals surface area contributed by atoms with Crippen molar-refractivity contribution < 1.29 is 19.7 Å². The summed E-state index contributed by atoms with van der Waals surface area (Å²) in [7, 11) is 0. The third kappa shape index (κ3) is 4.04. The third-order valence-corrected chi connectivity index (χ3v) is 3.53. The van der Waals surface area contributed by atoms with E-state index >= 15 is 0 Å². The Labute approximate surface area is 110 Å². The van der Waals surface area contributed by atoms with Crippen LogP contribution in [0.1, 0.15) is 44.0 Å². The molecule has 0 aliphatic rings. The first-order valence-corrected chi connectivity index (χ1v) is 6.65. The van der Waals surface area contributed by atoms with Gasteiger partial charge in [0.1, 0.15) is 0 Å². The first kappa shape index (κ1) is 15.1. The van der Waals surface area contributed by atoms with Gasteiger partial charge in [-0.25, -0.2) is 9.78 Å². The minimum absolute atomic E-state index is 0.0172. The van der Waals surface area contributed by atoms with Crippen molar-refractivity contribution in [1.29, 1.82) is 0 Å². The van der Waals surface area contributed by atoms with E-state index in [0.717, 1.165) is 5.01 Å². The fourth-order valence-electron chi connectivity index (χ4n) is 1.30. The zero-order valence-corrected chi connectivity index (χ0v) is 11.7.